The summed E-state index contributed by atoms with van der Waals surface area (Å²) in [6.07, 6.45) is 2.68. The third kappa shape index (κ3) is 3.01. The first-order chi connectivity index (χ1) is 9.59. The zero-order valence-corrected chi connectivity index (χ0v) is 10.9. The molecule has 0 spiro atoms. The number of aromatic nitrogens is 2. The highest BCUT2D eigenvalue weighted by molar-refractivity contribution is 6.33. The molecule has 0 fully saturated rings. The van der Waals surface area contributed by atoms with Crippen LogP contribution in [0.2, 0.25) is 5.02 Å². The minimum Gasteiger partial charge on any atom is -0.382 e. The first kappa shape index (κ1) is 13.8. The second-order valence-corrected chi connectivity index (χ2v) is 4.09. The number of rotatable bonds is 2. The quantitative estimate of drug-likeness (QED) is 0.709. The molecular formula is C12H10ClN5O2. The Kier molecular flexibility index (Phi) is 4.11. The van der Waals surface area contributed by atoms with Gasteiger partial charge >= 0.3 is 0 Å². The van der Waals surface area contributed by atoms with Crippen LogP contribution < -0.4 is 16.6 Å². The summed E-state index contributed by atoms with van der Waals surface area (Å²) < 4.78 is 0. The molecule has 8 heteroatoms. The van der Waals surface area contributed by atoms with Gasteiger partial charge in [-0.1, -0.05) is 23.7 Å². The molecule has 4 N–H and O–H groups in total. The fraction of sp³-hybridized carbons (Fsp3) is 0. The van der Waals surface area contributed by atoms with Crippen molar-refractivity contribution in [1.29, 1.82) is 0 Å². The van der Waals surface area contributed by atoms with Crippen molar-refractivity contribution in [2.24, 2.45) is 0 Å². The molecule has 102 valence electrons. The number of carbonyl (C=O) groups excluding carboxylic acids is 2. The average Bonchev–Trinajstić information content (AvgIpc) is 2.45. The van der Waals surface area contributed by atoms with Gasteiger partial charge in [0.15, 0.2) is 11.5 Å². The van der Waals surface area contributed by atoms with E-state index in [1.54, 1.807) is 18.2 Å². The number of carbonyl (C=O) groups is 2. The first-order valence-corrected chi connectivity index (χ1v) is 5.89. The van der Waals surface area contributed by atoms with Crippen molar-refractivity contribution in [1.82, 2.24) is 20.8 Å². The molecule has 20 heavy (non-hydrogen) atoms. The second kappa shape index (κ2) is 5.98. The lowest BCUT2D eigenvalue weighted by Crippen LogP contribution is -2.42. The summed E-state index contributed by atoms with van der Waals surface area (Å²) in [4.78, 5) is 31.0. The van der Waals surface area contributed by atoms with Crippen LogP contribution in [0.5, 0.6) is 0 Å². The Hall–Kier alpha value is -2.67. The van der Waals surface area contributed by atoms with Crippen molar-refractivity contribution >= 4 is 29.2 Å². The van der Waals surface area contributed by atoms with E-state index in [1.807, 2.05) is 0 Å². The molecule has 1 heterocycles. The van der Waals surface area contributed by atoms with Crippen LogP contribution in [0.4, 0.5) is 5.82 Å². The van der Waals surface area contributed by atoms with Crippen molar-refractivity contribution in [2.45, 2.75) is 0 Å². The highest BCUT2D eigenvalue weighted by atomic mass is 35.5. The summed E-state index contributed by atoms with van der Waals surface area (Å²) >= 11 is 5.86. The van der Waals surface area contributed by atoms with E-state index < -0.39 is 11.8 Å². The van der Waals surface area contributed by atoms with E-state index in [4.69, 9.17) is 17.3 Å². The molecule has 0 saturated heterocycles. The number of nitrogens with two attached hydrogens (primary N) is 1. The number of amides is 2. The van der Waals surface area contributed by atoms with Gasteiger partial charge < -0.3 is 5.73 Å². The maximum Gasteiger partial charge on any atom is 0.292 e. The number of hydrazine groups is 1. The van der Waals surface area contributed by atoms with Gasteiger partial charge in [0.1, 0.15) is 0 Å². The molecule has 1 aromatic heterocycles. The lowest BCUT2D eigenvalue weighted by atomic mass is 10.2. The van der Waals surface area contributed by atoms with Crippen LogP contribution >= 0.6 is 11.6 Å². The molecule has 0 aliphatic carbocycles. The second-order valence-electron chi connectivity index (χ2n) is 3.68. The smallest absolute Gasteiger partial charge is 0.292 e. The number of nitrogen functional groups attached to an aromatic ring is 1. The molecule has 0 unspecified atom stereocenters. The van der Waals surface area contributed by atoms with Gasteiger partial charge in [-0.25, -0.2) is 9.97 Å². The monoisotopic (exact) mass is 291 g/mol. The van der Waals surface area contributed by atoms with Crippen molar-refractivity contribution in [2.75, 3.05) is 5.73 Å². The minimum atomic E-state index is -0.670. The molecule has 1 aromatic carbocycles. The molecule has 0 radical (unpaired) electrons. The number of hydrogen-bond donors (Lipinski definition) is 3. The molecule has 7 nitrogen and oxygen atoms in total. The lowest BCUT2D eigenvalue weighted by Gasteiger charge is -2.08. The summed E-state index contributed by atoms with van der Waals surface area (Å²) in [7, 11) is 0. The third-order valence-corrected chi connectivity index (χ3v) is 2.68. The van der Waals surface area contributed by atoms with Gasteiger partial charge in [0.25, 0.3) is 11.8 Å². The van der Waals surface area contributed by atoms with Gasteiger partial charge in [-0.15, -0.1) is 0 Å². The van der Waals surface area contributed by atoms with Crippen molar-refractivity contribution < 1.29 is 9.59 Å². The molecule has 0 aliphatic heterocycles. The maximum atomic E-state index is 11.8. The highest BCUT2D eigenvalue weighted by Gasteiger charge is 2.14. The van der Waals surface area contributed by atoms with Gasteiger partial charge in [-0.05, 0) is 12.1 Å². The molecule has 0 bridgehead atoms. The number of halogens is 1. The maximum absolute atomic E-state index is 11.8. The summed E-state index contributed by atoms with van der Waals surface area (Å²) in [6.45, 7) is 0. The van der Waals surface area contributed by atoms with Crippen LogP contribution in [0.15, 0.2) is 36.7 Å². The Balaban J connectivity index is 2.03. The van der Waals surface area contributed by atoms with E-state index >= 15 is 0 Å². The largest absolute Gasteiger partial charge is 0.382 e. The fourth-order valence-electron chi connectivity index (χ4n) is 1.41. The van der Waals surface area contributed by atoms with E-state index in [9.17, 15) is 9.59 Å². The topological polar surface area (TPSA) is 110 Å². The van der Waals surface area contributed by atoms with E-state index in [2.05, 4.69) is 20.8 Å². The Morgan fingerprint density at radius 2 is 1.70 bits per heavy atom. The number of nitrogens with zero attached hydrogens (tertiary/aromatic N) is 2. The zero-order valence-electron chi connectivity index (χ0n) is 10.1. The number of benzene rings is 1. The summed E-state index contributed by atoms with van der Waals surface area (Å²) in [5.41, 5.74) is 10.1. The molecule has 2 aromatic rings. The van der Waals surface area contributed by atoms with Crippen LogP contribution in [0.3, 0.4) is 0 Å². The predicted molar refractivity (Wildman–Crippen MR) is 72.8 cm³/mol. The van der Waals surface area contributed by atoms with Gasteiger partial charge in [-0.2, -0.15) is 0 Å². The highest BCUT2D eigenvalue weighted by Crippen LogP contribution is 2.14. The van der Waals surface area contributed by atoms with Crippen LogP contribution in [-0.4, -0.2) is 21.8 Å². The first-order valence-electron chi connectivity index (χ1n) is 5.51. The van der Waals surface area contributed by atoms with Gasteiger partial charge in [0.2, 0.25) is 0 Å². The average molecular weight is 292 g/mol. The fourth-order valence-corrected chi connectivity index (χ4v) is 1.63. The third-order valence-electron chi connectivity index (χ3n) is 2.35. The van der Waals surface area contributed by atoms with E-state index in [-0.39, 0.29) is 22.1 Å². The zero-order chi connectivity index (χ0) is 14.5. The summed E-state index contributed by atoms with van der Waals surface area (Å²) in [5, 5.41) is 0.276. The summed E-state index contributed by atoms with van der Waals surface area (Å²) in [5.74, 6) is -1.25. The Bertz CT molecular complexity index is 604. The summed E-state index contributed by atoms with van der Waals surface area (Å²) in [6, 6.07) is 6.45. The number of anilines is 1. The normalized spacial score (nSPS) is 9.85. The van der Waals surface area contributed by atoms with Gasteiger partial charge in [0, 0.05) is 12.4 Å². The number of nitrogens with one attached hydrogen (secondary N) is 2. The lowest BCUT2D eigenvalue weighted by molar-refractivity contribution is 0.0844. The molecular weight excluding hydrogens is 282 g/mol. The van der Waals surface area contributed by atoms with Crippen LogP contribution in [0, 0.1) is 0 Å². The molecule has 0 saturated carbocycles. The van der Waals surface area contributed by atoms with Crippen LogP contribution in [0.1, 0.15) is 20.8 Å². The van der Waals surface area contributed by atoms with Crippen molar-refractivity contribution in [3.05, 3.63) is 52.9 Å². The van der Waals surface area contributed by atoms with E-state index in [1.165, 1.54) is 18.5 Å². The molecule has 2 rings (SSSR count). The molecule has 2 amide bonds. The minimum absolute atomic E-state index is 0.0306. The van der Waals surface area contributed by atoms with Crippen LogP contribution in [0.25, 0.3) is 0 Å². The molecule has 0 atom stereocenters. The van der Waals surface area contributed by atoms with Crippen molar-refractivity contribution in [3.8, 4) is 0 Å². The predicted octanol–water partition coefficient (Wildman–Crippen LogP) is 0.787. The number of hydrogen-bond acceptors (Lipinski definition) is 5. The Labute approximate surface area is 119 Å². The molecule has 0 aliphatic rings. The van der Waals surface area contributed by atoms with Crippen molar-refractivity contribution in [3.63, 3.8) is 0 Å². The van der Waals surface area contributed by atoms with Gasteiger partial charge in [0.05, 0.1) is 10.6 Å². The van der Waals surface area contributed by atoms with E-state index in [0.717, 1.165) is 0 Å². The van der Waals surface area contributed by atoms with Gasteiger partial charge in [-0.3, -0.25) is 20.4 Å². The van der Waals surface area contributed by atoms with E-state index in [0.29, 0.717) is 0 Å². The van der Waals surface area contributed by atoms with Crippen LogP contribution in [-0.2, 0) is 0 Å². The standard InChI is InChI=1S/C12H10ClN5O2/c13-8-4-2-1-3-7(8)11(19)17-18-12(20)9-10(14)16-6-5-15-9/h1-6H,(H2,14,16)(H,17,19)(H,18,20). The SMILES string of the molecule is Nc1nccnc1C(=O)NNC(=O)c1ccccc1Cl. The Morgan fingerprint density at radius 3 is 2.40 bits per heavy atom. The Morgan fingerprint density at radius 1 is 1.05 bits per heavy atom.